The molecule has 0 aromatic rings. The standard InChI is InChI=1S/C74H128O6/c1-4-7-10-13-16-19-22-24-26-28-29-30-31-32-33-34-35-36-37-38-39-40-41-42-43-44-45-47-48-50-52-55-58-61-64-67-73(76)79-70-71(69-78-72(75)66-63-60-57-54-21-18-15-12-9-6-3)80-74(77)68-65-62-59-56-53-51-49-46-27-25-23-20-17-14-11-8-5-2/h7,10,12,15-17,19-20,24-27,29-30,32-33,71H,4-6,8-9,11,13-14,18,21-23,28,31,34-70H2,1-3H3/b10-7-,15-12-,19-16-,20-17-,26-24-,27-25-,30-29-,33-32-. The van der Waals surface area contributed by atoms with E-state index in [0.717, 1.165) is 116 Å². The van der Waals surface area contributed by atoms with Gasteiger partial charge in [-0.2, -0.15) is 0 Å². The van der Waals surface area contributed by atoms with Crippen LogP contribution in [0, 0.1) is 0 Å². The molecule has 6 nitrogen and oxygen atoms in total. The summed E-state index contributed by atoms with van der Waals surface area (Å²) in [5, 5.41) is 0. The third-order valence-electron chi connectivity index (χ3n) is 14.8. The van der Waals surface area contributed by atoms with Crippen LogP contribution in [-0.2, 0) is 28.6 Å². The molecule has 0 aromatic heterocycles. The number of esters is 3. The maximum Gasteiger partial charge on any atom is 0.306 e. The Morgan fingerprint density at radius 1 is 0.263 bits per heavy atom. The quantitative estimate of drug-likeness (QED) is 0.0261. The Kier molecular flexibility index (Phi) is 64.7. The molecule has 0 N–H and O–H groups in total. The molecule has 0 radical (unpaired) electrons. The van der Waals surface area contributed by atoms with Crippen molar-refractivity contribution in [3.8, 4) is 0 Å². The van der Waals surface area contributed by atoms with Crippen molar-refractivity contribution in [2.24, 2.45) is 0 Å². The van der Waals surface area contributed by atoms with Gasteiger partial charge in [0.05, 0.1) is 0 Å². The lowest BCUT2D eigenvalue weighted by Gasteiger charge is -2.18. The van der Waals surface area contributed by atoms with Crippen molar-refractivity contribution >= 4 is 17.9 Å². The average molecular weight is 1110 g/mol. The molecular weight excluding hydrogens is 985 g/mol. The van der Waals surface area contributed by atoms with Crippen LogP contribution < -0.4 is 0 Å². The van der Waals surface area contributed by atoms with Crippen LogP contribution in [0.4, 0.5) is 0 Å². The summed E-state index contributed by atoms with van der Waals surface area (Å²) in [5.41, 5.74) is 0. The van der Waals surface area contributed by atoms with E-state index in [9.17, 15) is 14.4 Å². The Hall–Kier alpha value is -3.67. The molecule has 0 fully saturated rings. The molecule has 0 rings (SSSR count). The van der Waals surface area contributed by atoms with E-state index < -0.39 is 6.10 Å². The summed E-state index contributed by atoms with van der Waals surface area (Å²) in [4.78, 5) is 38.2. The van der Waals surface area contributed by atoms with Gasteiger partial charge < -0.3 is 14.2 Å². The van der Waals surface area contributed by atoms with Crippen LogP contribution in [0.15, 0.2) is 97.2 Å². The minimum absolute atomic E-state index is 0.0796. The SMILES string of the molecule is CC/C=C\C/C=C\C/C=C\C/C=C\C/C=C\CCCCCCCCCCCCCCCCCCCCCC(=O)OCC(COC(=O)CCCCCCC/C=C\CCC)OC(=O)CCCCCCCCC/C=C\C/C=C\CCCCC. The molecule has 0 bridgehead atoms. The molecule has 1 atom stereocenters. The number of rotatable bonds is 62. The lowest BCUT2D eigenvalue weighted by Crippen LogP contribution is -2.30. The van der Waals surface area contributed by atoms with Crippen LogP contribution in [0.1, 0.15) is 335 Å². The minimum Gasteiger partial charge on any atom is -0.462 e. The van der Waals surface area contributed by atoms with Crippen molar-refractivity contribution in [1.82, 2.24) is 0 Å². The van der Waals surface area contributed by atoms with Gasteiger partial charge in [-0.25, -0.2) is 0 Å². The van der Waals surface area contributed by atoms with E-state index in [-0.39, 0.29) is 31.1 Å². The summed E-state index contributed by atoms with van der Waals surface area (Å²) < 4.78 is 16.9. The molecule has 1 unspecified atom stereocenters. The van der Waals surface area contributed by atoms with E-state index in [1.54, 1.807) is 0 Å². The van der Waals surface area contributed by atoms with Gasteiger partial charge in [-0.1, -0.05) is 298 Å². The van der Waals surface area contributed by atoms with Crippen molar-refractivity contribution < 1.29 is 28.6 Å². The monoisotopic (exact) mass is 1110 g/mol. The minimum atomic E-state index is -0.783. The van der Waals surface area contributed by atoms with Gasteiger partial charge in [0.1, 0.15) is 13.2 Å². The number of hydrogen-bond donors (Lipinski definition) is 0. The second-order valence-electron chi connectivity index (χ2n) is 22.7. The Bertz CT molecular complexity index is 1560. The van der Waals surface area contributed by atoms with Crippen LogP contribution >= 0.6 is 0 Å². The third-order valence-corrected chi connectivity index (χ3v) is 14.8. The van der Waals surface area contributed by atoms with Crippen molar-refractivity contribution in [2.45, 2.75) is 341 Å². The molecule has 0 amide bonds. The summed E-state index contributed by atoms with van der Waals surface area (Å²) in [6.45, 7) is 6.46. The van der Waals surface area contributed by atoms with Crippen molar-refractivity contribution in [3.05, 3.63) is 97.2 Å². The van der Waals surface area contributed by atoms with Crippen molar-refractivity contribution in [1.29, 1.82) is 0 Å². The van der Waals surface area contributed by atoms with Crippen molar-refractivity contribution in [2.75, 3.05) is 13.2 Å². The second-order valence-corrected chi connectivity index (χ2v) is 22.7. The highest BCUT2D eigenvalue weighted by Gasteiger charge is 2.19. The molecular formula is C74H128O6. The Labute approximate surface area is 496 Å². The summed E-state index contributed by atoms with van der Waals surface area (Å²) >= 11 is 0. The van der Waals surface area contributed by atoms with E-state index >= 15 is 0 Å². The zero-order valence-electron chi connectivity index (χ0n) is 52.8. The van der Waals surface area contributed by atoms with Gasteiger partial charge in [-0.15, -0.1) is 0 Å². The summed E-state index contributed by atoms with van der Waals surface area (Å²) in [7, 11) is 0. The van der Waals surface area contributed by atoms with Crippen LogP contribution in [0.3, 0.4) is 0 Å². The smallest absolute Gasteiger partial charge is 0.306 e. The fourth-order valence-corrected chi connectivity index (χ4v) is 9.68. The topological polar surface area (TPSA) is 78.9 Å². The predicted molar refractivity (Wildman–Crippen MR) is 348 cm³/mol. The lowest BCUT2D eigenvalue weighted by atomic mass is 10.0. The molecule has 80 heavy (non-hydrogen) atoms. The molecule has 0 saturated carbocycles. The maximum absolute atomic E-state index is 12.9. The van der Waals surface area contributed by atoms with Crippen LogP contribution in [0.2, 0.25) is 0 Å². The first-order chi connectivity index (χ1) is 39.5. The average Bonchev–Trinajstić information content (AvgIpc) is 3.46. The first-order valence-corrected chi connectivity index (χ1v) is 34.2. The fourth-order valence-electron chi connectivity index (χ4n) is 9.68. The number of hydrogen-bond acceptors (Lipinski definition) is 6. The van der Waals surface area contributed by atoms with Gasteiger partial charge in [-0.05, 0) is 116 Å². The highest BCUT2D eigenvalue weighted by molar-refractivity contribution is 5.71. The van der Waals surface area contributed by atoms with E-state index in [2.05, 4.69) is 118 Å². The van der Waals surface area contributed by atoms with E-state index in [1.165, 1.54) is 180 Å². The summed E-state index contributed by atoms with van der Waals surface area (Å²) in [6.07, 6.45) is 91.6. The van der Waals surface area contributed by atoms with E-state index in [1.807, 2.05) is 0 Å². The Morgan fingerprint density at radius 3 is 0.825 bits per heavy atom. The van der Waals surface area contributed by atoms with E-state index in [4.69, 9.17) is 14.2 Å². The molecule has 460 valence electrons. The molecule has 0 heterocycles. The summed E-state index contributed by atoms with van der Waals surface area (Å²) in [5.74, 6) is -0.886. The zero-order valence-corrected chi connectivity index (χ0v) is 52.8. The highest BCUT2D eigenvalue weighted by atomic mass is 16.6. The summed E-state index contributed by atoms with van der Waals surface area (Å²) in [6, 6.07) is 0. The van der Waals surface area contributed by atoms with Gasteiger partial charge in [0.2, 0.25) is 0 Å². The van der Waals surface area contributed by atoms with Crippen LogP contribution in [0.5, 0.6) is 0 Å². The lowest BCUT2D eigenvalue weighted by molar-refractivity contribution is -0.167. The van der Waals surface area contributed by atoms with Gasteiger partial charge in [0, 0.05) is 19.3 Å². The Morgan fingerprint density at radius 2 is 0.512 bits per heavy atom. The second kappa shape index (κ2) is 67.8. The molecule has 0 aromatic carbocycles. The number of ether oxygens (including phenoxy) is 3. The predicted octanol–water partition coefficient (Wildman–Crippen LogP) is 23.6. The van der Waals surface area contributed by atoms with Crippen molar-refractivity contribution in [3.63, 3.8) is 0 Å². The maximum atomic E-state index is 12.9. The molecule has 0 aliphatic rings. The molecule has 0 spiro atoms. The van der Waals surface area contributed by atoms with E-state index in [0.29, 0.717) is 19.3 Å². The molecule has 0 aliphatic carbocycles. The number of carbonyl (C=O) groups is 3. The molecule has 6 heteroatoms. The molecule has 0 aliphatic heterocycles. The van der Waals surface area contributed by atoms with Crippen LogP contribution in [-0.4, -0.2) is 37.2 Å². The van der Waals surface area contributed by atoms with Crippen LogP contribution in [0.25, 0.3) is 0 Å². The number of allylic oxidation sites excluding steroid dienone is 16. The van der Waals surface area contributed by atoms with Gasteiger partial charge in [0.25, 0.3) is 0 Å². The number of unbranched alkanes of at least 4 members (excludes halogenated alkanes) is 35. The Balaban J connectivity index is 4.08. The largest absolute Gasteiger partial charge is 0.462 e. The van der Waals surface area contributed by atoms with Gasteiger partial charge >= 0.3 is 17.9 Å². The van der Waals surface area contributed by atoms with Gasteiger partial charge in [0.15, 0.2) is 6.10 Å². The first kappa shape index (κ1) is 76.3. The normalized spacial score (nSPS) is 12.7. The number of carbonyl (C=O) groups excluding carboxylic acids is 3. The first-order valence-electron chi connectivity index (χ1n) is 34.2. The third kappa shape index (κ3) is 65.1. The van der Waals surface area contributed by atoms with Gasteiger partial charge in [-0.3, -0.25) is 14.4 Å². The zero-order chi connectivity index (χ0) is 57.8. The highest BCUT2D eigenvalue weighted by Crippen LogP contribution is 2.17. The fraction of sp³-hybridized carbons (Fsp3) is 0.743. The molecule has 0 saturated heterocycles.